The summed E-state index contributed by atoms with van der Waals surface area (Å²) in [6, 6.07) is 9.92. The van der Waals surface area contributed by atoms with Crippen molar-refractivity contribution in [2.75, 3.05) is 6.54 Å². The second-order valence-corrected chi connectivity index (χ2v) is 4.38. The fourth-order valence-corrected chi connectivity index (χ4v) is 2.01. The molecular weight excluding hydrogens is 276 g/mol. The standard InChI is InChI=1S/C14H18N4O.ClH/c1-10-13(9-16-14(19)8-15)11(2)18(17-10)12-6-4-3-5-7-12;/h3-7H,8-9,15H2,1-2H3,(H,16,19);1H. The van der Waals surface area contributed by atoms with Gasteiger partial charge in [0.2, 0.25) is 5.91 Å². The molecule has 0 bridgehead atoms. The molecule has 0 saturated carbocycles. The Bertz CT molecular complexity index is 580. The summed E-state index contributed by atoms with van der Waals surface area (Å²) in [7, 11) is 0. The Morgan fingerprint density at radius 1 is 1.30 bits per heavy atom. The molecule has 2 rings (SSSR count). The Labute approximate surface area is 124 Å². The smallest absolute Gasteiger partial charge is 0.234 e. The first kappa shape index (κ1) is 16.2. The van der Waals surface area contributed by atoms with Gasteiger partial charge in [-0.3, -0.25) is 4.79 Å². The molecule has 0 radical (unpaired) electrons. The van der Waals surface area contributed by atoms with Gasteiger partial charge in [-0.1, -0.05) is 18.2 Å². The zero-order valence-electron chi connectivity index (χ0n) is 11.6. The van der Waals surface area contributed by atoms with E-state index in [1.54, 1.807) is 0 Å². The van der Waals surface area contributed by atoms with Crippen LogP contribution in [0.4, 0.5) is 0 Å². The van der Waals surface area contributed by atoms with Gasteiger partial charge in [-0.15, -0.1) is 12.4 Å². The fourth-order valence-electron chi connectivity index (χ4n) is 2.01. The van der Waals surface area contributed by atoms with Crippen LogP contribution in [0.25, 0.3) is 5.69 Å². The number of rotatable bonds is 4. The minimum absolute atomic E-state index is 0. The minimum Gasteiger partial charge on any atom is -0.351 e. The number of nitrogens with two attached hydrogens (primary N) is 1. The van der Waals surface area contributed by atoms with Gasteiger partial charge in [0.1, 0.15) is 0 Å². The van der Waals surface area contributed by atoms with E-state index in [0.717, 1.165) is 22.6 Å². The van der Waals surface area contributed by atoms with Crippen molar-refractivity contribution < 1.29 is 4.79 Å². The Hall–Kier alpha value is -1.85. The second kappa shape index (κ2) is 7.07. The van der Waals surface area contributed by atoms with Crippen molar-refractivity contribution in [1.82, 2.24) is 15.1 Å². The van der Waals surface area contributed by atoms with Crippen molar-refractivity contribution in [2.24, 2.45) is 5.73 Å². The van der Waals surface area contributed by atoms with E-state index < -0.39 is 0 Å². The minimum atomic E-state index is -0.161. The van der Waals surface area contributed by atoms with Gasteiger partial charge in [0.05, 0.1) is 17.9 Å². The molecule has 0 fully saturated rings. The SMILES string of the molecule is Cc1nn(-c2ccccc2)c(C)c1CNC(=O)CN.Cl. The van der Waals surface area contributed by atoms with Crippen molar-refractivity contribution in [2.45, 2.75) is 20.4 Å². The van der Waals surface area contributed by atoms with Gasteiger partial charge < -0.3 is 11.1 Å². The van der Waals surface area contributed by atoms with Crippen LogP contribution in [0.2, 0.25) is 0 Å². The van der Waals surface area contributed by atoms with Gasteiger partial charge in [0.25, 0.3) is 0 Å². The van der Waals surface area contributed by atoms with Gasteiger partial charge >= 0.3 is 0 Å². The summed E-state index contributed by atoms with van der Waals surface area (Å²) in [4.78, 5) is 11.2. The van der Waals surface area contributed by atoms with E-state index in [2.05, 4.69) is 10.4 Å². The maximum Gasteiger partial charge on any atom is 0.234 e. The summed E-state index contributed by atoms with van der Waals surface area (Å²) >= 11 is 0. The molecule has 0 spiro atoms. The lowest BCUT2D eigenvalue weighted by Crippen LogP contribution is -2.30. The summed E-state index contributed by atoms with van der Waals surface area (Å²) < 4.78 is 1.89. The number of nitrogens with one attached hydrogen (secondary N) is 1. The van der Waals surface area contributed by atoms with Crippen molar-refractivity contribution in [3.63, 3.8) is 0 Å². The molecule has 6 heteroatoms. The third kappa shape index (κ3) is 3.37. The maximum absolute atomic E-state index is 11.2. The summed E-state index contributed by atoms with van der Waals surface area (Å²) in [5, 5.41) is 7.30. The Balaban J connectivity index is 0.00000200. The molecule has 0 aliphatic rings. The Kier molecular flexibility index (Phi) is 5.73. The van der Waals surface area contributed by atoms with Crippen molar-refractivity contribution >= 4 is 18.3 Å². The average molecular weight is 295 g/mol. The topological polar surface area (TPSA) is 72.9 Å². The lowest BCUT2D eigenvalue weighted by Gasteiger charge is -2.06. The highest BCUT2D eigenvalue weighted by atomic mass is 35.5. The molecule has 0 atom stereocenters. The molecule has 20 heavy (non-hydrogen) atoms. The molecule has 0 aliphatic carbocycles. The lowest BCUT2D eigenvalue weighted by molar-refractivity contribution is -0.119. The third-order valence-electron chi connectivity index (χ3n) is 3.09. The largest absolute Gasteiger partial charge is 0.351 e. The summed E-state index contributed by atoms with van der Waals surface area (Å²) in [5.74, 6) is -0.161. The van der Waals surface area contributed by atoms with Crippen LogP contribution < -0.4 is 11.1 Å². The number of halogens is 1. The zero-order valence-corrected chi connectivity index (χ0v) is 12.4. The van der Waals surface area contributed by atoms with Crippen molar-refractivity contribution in [3.8, 4) is 5.69 Å². The molecule has 108 valence electrons. The quantitative estimate of drug-likeness (QED) is 0.897. The average Bonchev–Trinajstić information content (AvgIpc) is 2.72. The van der Waals surface area contributed by atoms with Crippen LogP contribution in [0.1, 0.15) is 17.0 Å². The first-order chi connectivity index (χ1) is 9.13. The van der Waals surface area contributed by atoms with E-state index in [-0.39, 0.29) is 24.9 Å². The van der Waals surface area contributed by atoms with Crippen LogP contribution in [0.15, 0.2) is 30.3 Å². The number of para-hydroxylation sites is 1. The number of nitrogens with zero attached hydrogens (tertiary/aromatic N) is 2. The molecule has 0 saturated heterocycles. The van der Waals surface area contributed by atoms with Crippen LogP contribution in [0.5, 0.6) is 0 Å². The highest BCUT2D eigenvalue weighted by molar-refractivity contribution is 5.85. The summed E-state index contributed by atoms with van der Waals surface area (Å²) in [6.45, 7) is 4.40. The van der Waals surface area contributed by atoms with Crippen LogP contribution in [-0.4, -0.2) is 22.2 Å². The molecular formula is C14H19ClN4O. The van der Waals surface area contributed by atoms with Crippen LogP contribution in [0.3, 0.4) is 0 Å². The highest BCUT2D eigenvalue weighted by Crippen LogP contribution is 2.17. The second-order valence-electron chi connectivity index (χ2n) is 4.38. The third-order valence-corrected chi connectivity index (χ3v) is 3.09. The Morgan fingerprint density at radius 3 is 2.55 bits per heavy atom. The summed E-state index contributed by atoms with van der Waals surface area (Å²) in [5.41, 5.74) is 9.27. The van der Waals surface area contributed by atoms with Gasteiger partial charge in [-0.25, -0.2) is 4.68 Å². The number of benzene rings is 1. The molecule has 5 nitrogen and oxygen atoms in total. The van der Waals surface area contributed by atoms with Gasteiger partial charge in [0, 0.05) is 17.8 Å². The maximum atomic E-state index is 11.2. The van der Waals surface area contributed by atoms with Crippen molar-refractivity contribution in [3.05, 3.63) is 47.3 Å². The molecule has 1 heterocycles. The van der Waals surface area contributed by atoms with E-state index in [9.17, 15) is 4.79 Å². The van der Waals surface area contributed by atoms with Crippen molar-refractivity contribution in [1.29, 1.82) is 0 Å². The van der Waals surface area contributed by atoms with E-state index in [4.69, 9.17) is 5.73 Å². The van der Waals surface area contributed by atoms with Gasteiger partial charge in [-0.2, -0.15) is 5.10 Å². The number of carbonyl (C=O) groups excluding carboxylic acids is 1. The number of aromatic nitrogens is 2. The number of amides is 1. The monoisotopic (exact) mass is 294 g/mol. The fraction of sp³-hybridized carbons (Fsp3) is 0.286. The molecule has 0 aliphatic heterocycles. The van der Waals surface area contributed by atoms with E-state index in [0.29, 0.717) is 6.54 Å². The molecule has 3 N–H and O–H groups in total. The number of aryl methyl sites for hydroxylation is 1. The molecule has 1 amide bonds. The Morgan fingerprint density at radius 2 is 1.95 bits per heavy atom. The molecule has 0 unspecified atom stereocenters. The number of carbonyl (C=O) groups is 1. The van der Waals surface area contributed by atoms with Gasteiger partial charge in [-0.05, 0) is 26.0 Å². The highest BCUT2D eigenvalue weighted by Gasteiger charge is 2.12. The predicted molar refractivity (Wildman–Crippen MR) is 81.2 cm³/mol. The molecule has 1 aromatic carbocycles. The predicted octanol–water partition coefficient (Wildman–Crippen LogP) is 1.49. The molecule has 1 aromatic heterocycles. The first-order valence-electron chi connectivity index (χ1n) is 6.20. The van der Waals surface area contributed by atoms with Gasteiger partial charge in [0.15, 0.2) is 0 Å². The summed E-state index contributed by atoms with van der Waals surface area (Å²) in [6.07, 6.45) is 0. The first-order valence-corrected chi connectivity index (χ1v) is 6.20. The van der Waals surface area contributed by atoms with Crippen LogP contribution in [-0.2, 0) is 11.3 Å². The van der Waals surface area contributed by atoms with E-state index >= 15 is 0 Å². The van der Waals surface area contributed by atoms with Crippen LogP contribution >= 0.6 is 12.4 Å². The number of hydrogen-bond donors (Lipinski definition) is 2. The van der Waals surface area contributed by atoms with E-state index in [1.807, 2.05) is 48.9 Å². The number of hydrogen-bond acceptors (Lipinski definition) is 3. The zero-order chi connectivity index (χ0) is 13.8. The lowest BCUT2D eigenvalue weighted by atomic mass is 10.2. The van der Waals surface area contributed by atoms with Crippen LogP contribution in [0, 0.1) is 13.8 Å². The normalized spacial score (nSPS) is 9.95. The molecule has 2 aromatic rings. The van der Waals surface area contributed by atoms with E-state index in [1.165, 1.54) is 0 Å².